The van der Waals surface area contributed by atoms with E-state index in [1.165, 1.54) is 24.9 Å². The molecule has 0 fully saturated rings. The number of rotatable bonds is 7. The summed E-state index contributed by atoms with van der Waals surface area (Å²) in [5.74, 6) is -1.21. The number of aryl methyl sites for hydroxylation is 1. The summed E-state index contributed by atoms with van der Waals surface area (Å²) < 4.78 is 29.3. The van der Waals surface area contributed by atoms with Gasteiger partial charge in [-0.05, 0) is 6.07 Å². The zero-order chi connectivity index (χ0) is 13.8. The van der Waals surface area contributed by atoms with E-state index in [4.69, 9.17) is 5.11 Å². The molecule has 1 aromatic rings. The molecular weight excluding hydrogens is 264 g/mol. The average molecular weight is 278 g/mol. The molecule has 0 radical (unpaired) electrons. The van der Waals surface area contributed by atoms with Crippen LogP contribution in [0, 0.1) is 0 Å². The fourth-order valence-electron chi connectivity index (χ4n) is 1.19. The van der Waals surface area contributed by atoms with E-state index in [1.807, 2.05) is 4.89 Å². The molecule has 1 aromatic heterocycles. The van der Waals surface area contributed by atoms with Crippen LogP contribution in [0.25, 0.3) is 0 Å². The quantitative estimate of drug-likeness (QED) is 0.518. The average Bonchev–Trinajstić information content (AvgIpc) is 2.68. The summed E-state index contributed by atoms with van der Waals surface area (Å²) in [7, 11) is -0.997. The Morgan fingerprint density at radius 3 is 2.67 bits per heavy atom. The molecule has 0 spiro atoms. The lowest BCUT2D eigenvalue weighted by Gasteiger charge is -2.04. The van der Waals surface area contributed by atoms with Gasteiger partial charge in [-0.3, -0.25) is 4.84 Å². The molecule has 0 atom stereocenters. The molecule has 0 aliphatic heterocycles. The molecule has 1 rings (SSSR count). The van der Waals surface area contributed by atoms with Crippen LogP contribution in [0.5, 0.6) is 0 Å². The smallest absolute Gasteiger partial charge is 0.352 e. The highest BCUT2D eigenvalue weighted by Crippen LogP contribution is 2.13. The number of sulfonamides is 1. The van der Waals surface area contributed by atoms with Crippen LogP contribution >= 0.6 is 0 Å². The van der Waals surface area contributed by atoms with Crippen LogP contribution < -0.4 is 4.89 Å². The molecule has 1 heterocycles. The minimum absolute atomic E-state index is 0.0500. The Morgan fingerprint density at radius 2 is 2.17 bits per heavy atom. The molecule has 8 nitrogen and oxygen atoms in total. The van der Waals surface area contributed by atoms with Crippen molar-refractivity contribution in [3.8, 4) is 0 Å². The number of methoxy groups -OCH3 is 1. The number of hydrogen-bond donors (Lipinski definition) is 2. The zero-order valence-electron chi connectivity index (χ0n) is 9.91. The summed E-state index contributed by atoms with van der Waals surface area (Å²) in [6.07, 6.45) is 1.19. The zero-order valence-corrected chi connectivity index (χ0v) is 10.7. The summed E-state index contributed by atoms with van der Waals surface area (Å²) >= 11 is 0. The molecule has 2 N–H and O–H groups in total. The first-order valence-electron chi connectivity index (χ1n) is 4.90. The third-order valence-corrected chi connectivity index (χ3v) is 3.25. The van der Waals surface area contributed by atoms with Gasteiger partial charge in [-0.15, -0.1) is 0 Å². The van der Waals surface area contributed by atoms with Gasteiger partial charge in [0.2, 0.25) is 0 Å². The van der Waals surface area contributed by atoms with Crippen LogP contribution in [-0.2, 0) is 26.6 Å². The monoisotopic (exact) mass is 278 g/mol. The van der Waals surface area contributed by atoms with Crippen molar-refractivity contribution in [1.82, 2.24) is 9.45 Å². The van der Waals surface area contributed by atoms with E-state index in [0.29, 0.717) is 0 Å². The van der Waals surface area contributed by atoms with Crippen LogP contribution in [0.15, 0.2) is 17.2 Å². The Morgan fingerprint density at radius 1 is 1.50 bits per heavy atom. The molecule has 0 aliphatic rings. The summed E-state index contributed by atoms with van der Waals surface area (Å²) in [5, 5.41) is 8.81. The number of hydrogen-bond acceptors (Lipinski definition) is 5. The molecular formula is C9H14N2O6S. The summed E-state index contributed by atoms with van der Waals surface area (Å²) in [6, 6.07) is 1.05. The second-order valence-electron chi connectivity index (χ2n) is 3.41. The van der Waals surface area contributed by atoms with Crippen LogP contribution in [0.1, 0.15) is 10.5 Å². The highest BCUT2D eigenvalue weighted by molar-refractivity contribution is 7.89. The third-order valence-electron chi connectivity index (χ3n) is 2.07. The predicted octanol–water partition coefficient (Wildman–Crippen LogP) is -0.420. The van der Waals surface area contributed by atoms with Crippen LogP contribution in [-0.4, -0.2) is 44.4 Å². The molecule has 9 heteroatoms. The number of nitrogens with one attached hydrogen (secondary N) is 1. The van der Waals surface area contributed by atoms with Crippen LogP contribution in [0.2, 0.25) is 0 Å². The number of carboxylic acid groups (broad SMARTS) is 1. The number of ether oxygens (including phenoxy) is 1. The van der Waals surface area contributed by atoms with E-state index in [2.05, 4.69) is 9.57 Å². The molecule has 0 amide bonds. The lowest BCUT2D eigenvalue weighted by Crippen LogP contribution is -2.25. The van der Waals surface area contributed by atoms with Crippen molar-refractivity contribution in [2.75, 3.05) is 20.3 Å². The molecule has 0 bridgehead atoms. The number of carboxylic acids is 1. The maximum atomic E-state index is 11.7. The molecule has 0 saturated heterocycles. The van der Waals surface area contributed by atoms with Crippen molar-refractivity contribution in [3.05, 3.63) is 18.0 Å². The van der Waals surface area contributed by atoms with Crippen LogP contribution in [0.4, 0.5) is 0 Å². The predicted molar refractivity (Wildman–Crippen MR) is 60.5 cm³/mol. The van der Waals surface area contributed by atoms with E-state index < -0.39 is 16.0 Å². The third kappa shape index (κ3) is 3.53. The van der Waals surface area contributed by atoms with Gasteiger partial charge in [0.05, 0.1) is 13.2 Å². The van der Waals surface area contributed by atoms with Crippen molar-refractivity contribution in [2.45, 2.75) is 4.90 Å². The number of aromatic nitrogens is 1. The maximum absolute atomic E-state index is 11.7. The number of aromatic carboxylic acids is 1. The topological polar surface area (TPSA) is 107 Å². The molecule has 0 aromatic carbocycles. The van der Waals surface area contributed by atoms with E-state index in [1.54, 1.807) is 0 Å². The van der Waals surface area contributed by atoms with Gasteiger partial charge >= 0.3 is 5.97 Å². The lowest BCUT2D eigenvalue weighted by atomic mass is 10.4. The fraction of sp³-hybridized carbons (Fsp3) is 0.444. The Labute approximate surface area is 104 Å². The van der Waals surface area contributed by atoms with Gasteiger partial charge in [0.15, 0.2) is 0 Å². The minimum Gasteiger partial charge on any atom is -0.477 e. The van der Waals surface area contributed by atoms with E-state index in [-0.39, 0.29) is 23.8 Å². The second-order valence-corrected chi connectivity index (χ2v) is 5.05. The molecule has 0 saturated carbocycles. The Kier molecular flexibility index (Phi) is 4.84. The van der Waals surface area contributed by atoms with Gasteiger partial charge in [-0.25, -0.2) is 13.2 Å². The highest BCUT2D eigenvalue weighted by atomic mass is 32.2. The normalized spacial score (nSPS) is 11.7. The van der Waals surface area contributed by atoms with E-state index >= 15 is 0 Å². The minimum atomic E-state index is -3.89. The van der Waals surface area contributed by atoms with Gasteiger partial charge in [-0.2, -0.15) is 0 Å². The van der Waals surface area contributed by atoms with Gasteiger partial charge in [0.1, 0.15) is 10.6 Å². The number of nitrogens with zero attached hydrogens (tertiary/aromatic N) is 1. The Hall–Kier alpha value is -1.42. The number of carbonyl (C=O) groups is 1. The molecule has 18 heavy (non-hydrogen) atoms. The highest BCUT2D eigenvalue weighted by Gasteiger charge is 2.20. The van der Waals surface area contributed by atoms with Crippen molar-refractivity contribution in [2.24, 2.45) is 7.05 Å². The van der Waals surface area contributed by atoms with Crippen LogP contribution in [0.3, 0.4) is 0 Å². The van der Waals surface area contributed by atoms with E-state index in [0.717, 1.165) is 6.07 Å². The van der Waals surface area contributed by atoms with Crippen molar-refractivity contribution in [3.63, 3.8) is 0 Å². The van der Waals surface area contributed by atoms with Crippen molar-refractivity contribution >= 4 is 16.0 Å². The maximum Gasteiger partial charge on any atom is 0.352 e. The lowest BCUT2D eigenvalue weighted by molar-refractivity contribution is 0.0438. The Bertz CT molecular complexity index is 521. The summed E-state index contributed by atoms with van der Waals surface area (Å²) in [6.45, 7) is 0.284. The SMILES string of the molecule is COCCONS(=O)(=O)c1cc(C(=O)O)n(C)c1. The van der Waals surface area contributed by atoms with Gasteiger partial charge < -0.3 is 14.4 Å². The van der Waals surface area contributed by atoms with E-state index in [9.17, 15) is 13.2 Å². The second kappa shape index (κ2) is 5.96. The van der Waals surface area contributed by atoms with Crippen molar-refractivity contribution < 1.29 is 27.9 Å². The molecule has 0 unspecified atom stereocenters. The first kappa shape index (κ1) is 14.6. The summed E-state index contributed by atoms with van der Waals surface area (Å²) in [4.78, 5) is 17.2. The van der Waals surface area contributed by atoms with Gasteiger partial charge in [0, 0.05) is 20.4 Å². The molecule has 102 valence electrons. The largest absolute Gasteiger partial charge is 0.477 e. The first-order valence-corrected chi connectivity index (χ1v) is 6.39. The standard InChI is InChI=1S/C9H14N2O6S/c1-11-6-7(5-8(11)9(12)13)18(14,15)10-17-4-3-16-2/h5-6,10H,3-4H2,1-2H3,(H,12,13). The molecule has 0 aliphatic carbocycles. The Balaban J connectivity index is 2.79. The first-order chi connectivity index (χ1) is 8.38. The summed E-state index contributed by atoms with van der Waals surface area (Å²) in [5.41, 5.74) is -0.132. The van der Waals surface area contributed by atoms with Gasteiger partial charge in [0.25, 0.3) is 10.0 Å². The van der Waals surface area contributed by atoms with Gasteiger partial charge in [-0.1, -0.05) is 4.89 Å². The fourth-order valence-corrected chi connectivity index (χ4v) is 2.08. The van der Waals surface area contributed by atoms with Crippen molar-refractivity contribution in [1.29, 1.82) is 0 Å².